The number of carbonyl (C=O) groups is 1. The number of methoxy groups -OCH3 is 1. The number of rotatable bonds is 7. The van der Waals surface area contributed by atoms with Crippen LogP contribution in [0.25, 0.3) is 55.7 Å². The monoisotopic (exact) mass is 569 g/mol. The summed E-state index contributed by atoms with van der Waals surface area (Å²) in [7, 11) is 1.50. The van der Waals surface area contributed by atoms with Crippen molar-refractivity contribution in [2.75, 3.05) is 12.4 Å². The molecular formula is C33H24FN7O2. The van der Waals surface area contributed by atoms with Crippen LogP contribution in [-0.2, 0) is 11.2 Å². The van der Waals surface area contributed by atoms with Gasteiger partial charge in [0.25, 0.3) is 0 Å². The Morgan fingerprint density at radius 1 is 0.884 bits per heavy atom. The highest BCUT2D eigenvalue weighted by Gasteiger charge is 2.17. The molecule has 0 saturated heterocycles. The smallest absolute Gasteiger partial charge is 0.228 e. The van der Waals surface area contributed by atoms with E-state index in [2.05, 4.69) is 35.5 Å². The number of aromatic nitrogens is 6. The number of benzene rings is 2. The zero-order valence-electron chi connectivity index (χ0n) is 22.9. The Balaban J connectivity index is 1.22. The SMILES string of the molecule is COc1cc(F)cc(-c2nccc3[nH]c(-c4n[nH]c5cnc(-c6cncc(NC(=O)Cc7ccccc7)c6)cc45)cc23)c1. The fourth-order valence-corrected chi connectivity index (χ4v) is 5.14. The second-order valence-electron chi connectivity index (χ2n) is 10.0. The highest BCUT2D eigenvalue weighted by Crippen LogP contribution is 2.35. The molecule has 0 aliphatic carbocycles. The number of halogens is 1. The maximum Gasteiger partial charge on any atom is 0.228 e. The zero-order valence-corrected chi connectivity index (χ0v) is 22.9. The van der Waals surface area contributed by atoms with Crippen LogP contribution >= 0.6 is 0 Å². The molecule has 0 radical (unpaired) electrons. The van der Waals surface area contributed by atoms with Crippen molar-refractivity contribution >= 4 is 33.4 Å². The first kappa shape index (κ1) is 26.0. The van der Waals surface area contributed by atoms with Gasteiger partial charge >= 0.3 is 0 Å². The lowest BCUT2D eigenvalue weighted by Crippen LogP contribution is -2.14. The van der Waals surface area contributed by atoms with Crippen LogP contribution in [0, 0.1) is 5.82 Å². The van der Waals surface area contributed by atoms with E-state index in [1.54, 1.807) is 30.9 Å². The second-order valence-corrected chi connectivity index (χ2v) is 10.0. The lowest BCUT2D eigenvalue weighted by Gasteiger charge is -2.07. The van der Waals surface area contributed by atoms with Crippen LogP contribution in [0.1, 0.15) is 5.56 Å². The molecule has 7 rings (SSSR count). The van der Waals surface area contributed by atoms with Gasteiger partial charge in [-0.05, 0) is 42.0 Å². The maximum atomic E-state index is 14.3. The first-order valence-electron chi connectivity index (χ1n) is 13.5. The van der Waals surface area contributed by atoms with Crippen LogP contribution in [0.2, 0.25) is 0 Å². The van der Waals surface area contributed by atoms with E-state index in [1.165, 1.54) is 19.2 Å². The van der Waals surface area contributed by atoms with Gasteiger partial charge in [-0.3, -0.25) is 24.8 Å². The van der Waals surface area contributed by atoms with Crippen LogP contribution < -0.4 is 10.1 Å². The molecule has 0 aliphatic heterocycles. The molecule has 43 heavy (non-hydrogen) atoms. The Hall–Kier alpha value is -5.90. The van der Waals surface area contributed by atoms with Crippen LogP contribution in [0.15, 0.2) is 97.6 Å². The molecule has 1 amide bonds. The number of hydrogen-bond acceptors (Lipinski definition) is 6. The van der Waals surface area contributed by atoms with E-state index in [1.807, 2.05) is 54.6 Å². The van der Waals surface area contributed by atoms with E-state index in [0.29, 0.717) is 34.1 Å². The van der Waals surface area contributed by atoms with Crippen LogP contribution in [0.4, 0.5) is 10.1 Å². The Morgan fingerprint density at radius 3 is 2.60 bits per heavy atom. The van der Waals surface area contributed by atoms with Gasteiger partial charge < -0.3 is 15.0 Å². The number of pyridine rings is 3. The van der Waals surface area contributed by atoms with Crippen molar-refractivity contribution in [3.8, 4) is 39.7 Å². The van der Waals surface area contributed by atoms with Gasteiger partial charge in [-0.2, -0.15) is 5.10 Å². The summed E-state index contributed by atoms with van der Waals surface area (Å²) in [5.74, 6) is -0.121. The molecule has 0 bridgehead atoms. The topological polar surface area (TPSA) is 121 Å². The molecule has 0 unspecified atom stereocenters. The Kier molecular flexibility index (Phi) is 6.55. The molecule has 10 heteroatoms. The number of aromatic amines is 2. The summed E-state index contributed by atoms with van der Waals surface area (Å²) in [6, 6.07) is 21.7. The number of ether oxygens (including phenoxy) is 1. The lowest BCUT2D eigenvalue weighted by molar-refractivity contribution is -0.115. The number of H-pyrrole nitrogens is 2. The van der Waals surface area contributed by atoms with Crippen LogP contribution in [-0.4, -0.2) is 43.2 Å². The minimum absolute atomic E-state index is 0.130. The van der Waals surface area contributed by atoms with E-state index < -0.39 is 5.82 Å². The summed E-state index contributed by atoms with van der Waals surface area (Å²) in [6.07, 6.45) is 6.98. The van der Waals surface area contributed by atoms with Crippen molar-refractivity contribution in [3.63, 3.8) is 0 Å². The van der Waals surface area contributed by atoms with Gasteiger partial charge in [0.2, 0.25) is 5.91 Å². The van der Waals surface area contributed by atoms with Gasteiger partial charge in [-0.25, -0.2) is 4.39 Å². The summed E-state index contributed by atoms with van der Waals surface area (Å²) in [4.78, 5) is 29.5. The highest BCUT2D eigenvalue weighted by atomic mass is 19.1. The summed E-state index contributed by atoms with van der Waals surface area (Å²) in [5, 5.41) is 12.2. The van der Waals surface area contributed by atoms with E-state index in [9.17, 15) is 9.18 Å². The zero-order chi connectivity index (χ0) is 29.3. The molecule has 2 aromatic carbocycles. The summed E-state index contributed by atoms with van der Waals surface area (Å²) < 4.78 is 19.6. The standard InChI is InChI=1S/C33H24FN7O2/c1-43-24-12-20(10-22(34)13-24)32-25-15-29(39-27(25)7-8-36-32)33-26-14-28(37-18-30(26)40-41-33)21-11-23(17-35-16-21)38-31(42)9-19-5-3-2-4-6-19/h2-8,10-18,39H,9H2,1H3,(H,38,42)(H,40,41). The number of anilines is 1. The van der Waals surface area contributed by atoms with Gasteiger partial charge in [0.15, 0.2) is 0 Å². The average Bonchev–Trinajstić information content (AvgIpc) is 3.65. The first-order valence-corrected chi connectivity index (χ1v) is 13.5. The molecule has 0 fully saturated rings. The highest BCUT2D eigenvalue weighted by molar-refractivity contribution is 6.00. The Bertz CT molecular complexity index is 2120. The Morgan fingerprint density at radius 2 is 1.74 bits per heavy atom. The number of hydrogen-bond donors (Lipinski definition) is 3. The van der Waals surface area contributed by atoms with E-state index in [-0.39, 0.29) is 12.3 Å². The van der Waals surface area contributed by atoms with Gasteiger partial charge in [-0.15, -0.1) is 0 Å². The molecule has 0 aliphatic rings. The van der Waals surface area contributed by atoms with Crippen molar-refractivity contribution in [2.24, 2.45) is 0 Å². The van der Waals surface area contributed by atoms with E-state index >= 15 is 0 Å². The van der Waals surface area contributed by atoms with Gasteiger partial charge in [0.05, 0.1) is 54.2 Å². The van der Waals surface area contributed by atoms with Crippen molar-refractivity contribution in [2.45, 2.75) is 6.42 Å². The third-order valence-electron chi connectivity index (χ3n) is 7.16. The van der Waals surface area contributed by atoms with Crippen molar-refractivity contribution < 1.29 is 13.9 Å². The summed E-state index contributed by atoms with van der Waals surface area (Å²) >= 11 is 0. The fourth-order valence-electron chi connectivity index (χ4n) is 5.14. The number of nitrogens with one attached hydrogen (secondary N) is 3. The molecule has 0 saturated carbocycles. The normalized spacial score (nSPS) is 11.2. The number of carbonyl (C=O) groups excluding carboxylic acids is 1. The molecule has 9 nitrogen and oxygen atoms in total. The second kappa shape index (κ2) is 10.8. The molecule has 7 aromatic rings. The maximum absolute atomic E-state index is 14.3. The van der Waals surface area contributed by atoms with Gasteiger partial charge in [0, 0.05) is 45.9 Å². The average molecular weight is 570 g/mol. The molecule has 5 aromatic heterocycles. The lowest BCUT2D eigenvalue weighted by atomic mass is 10.1. The molecule has 3 N–H and O–H groups in total. The molecule has 0 atom stereocenters. The minimum Gasteiger partial charge on any atom is -0.497 e. The largest absolute Gasteiger partial charge is 0.497 e. The molecule has 210 valence electrons. The first-order chi connectivity index (χ1) is 21.0. The van der Waals surface area contributed by atoms with Crippen molar-refractivity contribution in [1.82, 2.24) is 30.1 Å². The van der Waals surface area contributed by atoms with Crippen molar-refractivity contribution in [3.05, 3.63) is 109 Å². The minimum atomic E-state index is -0.406. The Labute approximate surface area is 244 Å². The fraction of sp³-hybridized carbons (Fsp3) is 0.0606. The summed E-state index contributed by atoms with van der Waals surface area (Å²) in [5.41, 5.74) is 7.20. The predicted molar refractivity (Wildman–Crippen MR) is 163 cm³/mol. The quantitative estimate of drug-likeness (QED) is 0.200. The molecule has 0 spiro atoms. The third-order valence-corrected chi connectivity index (χ3v) is 7.16. The van der Waals surface area contributed by atoms with E-state index in [0.717, 1.165) is 38.6 Å². The third kappa shape index (κ3) is 5.17. The van der Waals surface area contributed by atoms with Crippen LogP contribution in [0.3, 0.4) is 0 Å². The predicted octanol–water partition coefficient (Wildman–Crippen LogP) is 6.56. The summed E-state index contributed by atoms with van der Waals surface area (Å²) in [6.45, 7) is 0. The number of fused-ring (bicyclic) bond motifs is 2. The van der Waals surface area contributed by atoms with Gasteiger partial charge in [0.1, 0.15) is 17.3 Å². The van der Waals surface area contributed by atoms with Crippen molar-refractivity contribution in [1.29, 1.82) is 0 Å². The van der Waals surface area contributed by atoms with Gasteiger partial charge in [-0.1, -0.05) is 30.3 Å². The number of amides is 1. The molecular weight excluding hydrogens is 545 g/mol. The van der Waals surface area contributed by atoms with E-state index in [4.69, 9.17) is 4.74 Å². The van der Waals surface area contributed by atoms with Crippen LogP contribution in [0.5, 0.6) is 5.75 Å². The number of nitrogens with zero attached hydrogens (tertiary/aromatic N) is 4. The molecule has 5 heterocycles.